The summed E-state index contributed by atoms with van der Waals surface area (Å²) < 4.78 is 0. The molecule has 2 N–H and O–H groups in total. The van der Waals surface area contributed by atoms with Crippen LogP contribution in [-0.4, -0.2) is 5.11 Å². The fourth-order valence-corrected chi connectivity index (χ4v) is 2.11. The number of phenolic OH excluding ortho intramolecular Hbond substituents is 1. The van der Waals surface area contributed by atoms with Gasteiger partial charge in [0, 0.05) is 12.1 Å². The number of hydrogen-bond acceptors (Lipinski definition) is 2. The van der Waals surface area contributed by atoms with E-state index >= 15 is 0 Å². The summed E-state index contributed by atoms with van der Waals surface area (Å²) in [5, 5.41) is 13.7. The Morgan fingerprint density at radius 1 is 1.06 bits per heavy atom. The molecule has 0 fully saturated rings. The van der Waals surface area contributed by atoms with Crippen LogP contribution in [0.15, 0.2) is 36.4 Å². The predicted molar refractivity (Wildman–Crippen MR) is 76.4 cm³/mol. The van der Waals surface area contributed by atoms with Crippen molar-refractivity contribution < 1.29 is 5.11 Å². The topological polar surface area (TPSA) is 32.3 Å². The van der Waals surface area contributed by atoms with Gasteiger partial charge in [0.15, 0.2) is 0 Å². The summed E-state index contributed by atoms with van der Waals surface area (Å²) >= 11 is 6.14. The van der Waals surface area contributed by atoms with Crippen LogP contribution in [0, 0.1) is 13.8 Å². The maximum Gasteiger partial charge on any atom is 0.120 e. The van der Waals surface area contributed by atoms with Crippen LogP contribution in [0.2, 0.25) is 5.02 Å². The van der Waals surface area contributed by atoms with Gasteiger partial charge in [-0.15, -0.1) is 0 Å². The number of phenols is 1. The molecule has 0 aromatic heterocycles. The number of aryl methyl sites for hydroxylation is 2. The van der Waals surface area contributed by atoms with Crippen molar-refractivity contribution >= 4 is 17.3 Å². The number of nitrogens with one attached hydrogen (secondary N) is 1. The first kappa shape index (κ1) is 12.8. The van der Waals surface area contributed by atoms with E-state index in [2.05, 4.69) is 5.32 Å². The van der Waals surface area contributed by atoms with Crippen molar-refractivity contribution in [2.24, 2.45) is 0 Å². The van der Waals surface area contributed by atoms with Gasteiger partial charge in [0.2, 0.25) is 0 Å². The van der Waals surface area contributed by atoms with E-state index in [-0.39, 0.29) is 0 Å². The molecule has 0 heterocycles. The molecular weight excluding hydrogens is 246 g/mol. The number of hydrogen-bond donors (Lipinski definition) is 2. The van der Waals surface area contributed by atoms with Gasteiger partial charge in [0.1, 0.15) is 5.75 Å². The highest BCUT2D eigenvalue weighted by Crippen LogP contribution is 2.25. The van der Waals surface area contributed by atoms with Gasteiger partial charge in [0.25, 0.3) is 0 Å². The molecule has 0 aliphatic heterocycles. The normalized spacial score (nSPS) is 10.4. The van der Waals surface area contributed by atoms with Crippen molar-refractivity contribution in [3.63, 3.8) is 0 Å². The second kappa shape index (κ2) is 5.32. The van der Waals surface area contributed by atoms with Crippen molar-refractivity contribution in [2.45, 2.75) is 20.4 Å². The van der Waals surface area contributed by atoms with Crippen LogP contribution in [0.25, 0.3) is 0 Å². The number of halogens is 1. The largest absolute Gasteiger partial charge is 0.508 e. The Kier molecular flexibility index (Phi) is 3.78. The van der Waals surface area contributed by atoms with Crippen LogP contribution < -0.4 is 5.32 Å². The molecule has 2 rings (SSSR count). The summed E-state index contributed by atoms with van der Waals surface area (Å²) in [5.74, 6) is 0.302. The van der Waals surface area contributed by atoms with Crippen molar-refractivity contribution in [1.29, 1.82) is 0 Å². The third-order valence-corrected chi connectivity index (χ3v) is 3.14. The van der Waals surface area contributed by atoms with Crippen LogP contribution in [0.3, 0.4) is 0 Å². The van der Waals surface area contributed by atoms with Gasteiger partial charge in [-0.3, -0.25) is 0 Å². The van der Waals surface area contributed by atoms with E-state index in [0.29, 0.717) is 17.3 Å². The molecule has 0 unspecified atom stereocenters. The van der Waals surface area contributed by atoms with Gasteiger partial charge in [0.05, 0.1) is 10.7 Å². The summed E-state index contributed by atoms with van der Waals surface area (Å²) in [7, 11) is 0. The molecule has 0 atom stereocenters. The maximum absolute atomic E-state index is 9.75. The highest BCUT2D eigenvalue weighted by Gasteiger charge is 2.03. The van der Waals surface area contributed by atoms with Gasteiger partial charge in [-0.25, -0.2) is 0 Å². The molecule has 94 valence electrons. The summed E-state index contributed by atoms with van der Waals surface area (Å²) in [4.78, 5) is 0. The highest BCUT2D eigenvalue weighted by atomic mass is 35.5. The average molecular weight is 262 g/mol. The number of aromatic hydroxyl groups is 1. The van der Waals surface area contributed by atoms with Gasteiger partial charge < -0.3 is 10.4 Å². The lowest BCUT2D eigenvalue weighted by Crippen LogP contribution is -2.00. The molecule has 0 amide bonds. The average Bonchev–Trinajstić information content (AvgIpc) is 2.32. The zero-order valence-corrected chi connectivity index (χ0v) is 11.3. The van der Waals surface area contributed by atoms with Crippen molar-refractivity contribution in [3.05, 3.63) is 58.1 Å². The summed E-state index contributed by atoms with van der Waals surface area (Å²) in [6, 6.07) is 11.4. The Morgan fingerprint density at radius 3 is 2.44 bits per heavy atom. The molecule has 2 nitrogen and oxygen atoms in total. The second-order valence-electron chi connectivity index (χ2n) is 4.47. The van der Waals surface area contributed by atoms with Crippen LogP contribution in [0.1, 0.15) is 16.7 Å². The molecule has 0 saturated carbocycles. The third kappa shape index (κ3) is 2.96. The smallest absolute Gasteiger partial charge is 0.120 e. The standard InChI is InChI=1S/C15H16ClNO/c1-10-4-6-15(18)12(7-10)9-17-14-5-3-11(2)8-13(14)16/h3-8,17-18H,9H2,1-2H3. The summed E-state index contributed by atoms with van der Waals surface area (Å²) in [5.41, 5.74) is 4.00. The molecule has 2 aromatic rings. The quantitative estimate of drug-likeness (QED) is 0.865. The summed E-state index contributed by atoms with van der Waals surface area (Å²) in [6.45, 7) is 4.56. The van der Waals surface area contributed by atoms with Crippen molar-refractivity contribution in [3.8, 4) is 5.75 Å². The lowest BCUT2D eigenvalue weighted by atomic mass is 10.1. The molecule has 0 aliphatic carbocycles. The Bertz CT molecular complexity index is 566. The van der Waals surface area contributed by atoms with Gasteiger partial charge in [-0.1, -0.05) is 35.4 Å². The zero-order valence-electron chi connectivity index (χ0n) is 10.5. The van der Waals surface area contributed by atoms with E-state index in [9.17, 15) is 5.11 Å². The lowest BCUT2D eigenvalue weighted by Gasteiger charge is -2.11. The molecule has 0 aliphatic rings. The SMILES string of the molecule is Cc1ccc(NCc2cc(C)ccc2O)c(Cl)c1. The maximum atomic E-state index is 9.75. The molecule has 0 saturated heterocycles. The van der Waals surface area contributed by atoms with E-state index in [4.69, 9.17) is 11.6 Å². The first-order valence-corrected chi connectivity index (χ1v) is 6.22. The Morgan fingerprint density at radius 2 is 1.72 bits per heavy atom. The first-order chi connectivity index (χ1) is 8.56. The third-order valence-electron chi connectivity index (χ3n) is 2.83. The van der Waals surface area contributed by atoms with E-state index in [1.165, 1.54) is 0 Å². The molecule has 0 bridgehead atoms. The molecule has 0 spiro atoms. The lowest BCUT2D eigenvalue weighted by molar-refractivity contribution is 0.469. The molecule has 2 aromatic carbocycles. The monoisotopic (exact) mass is 261 g/mol. The van der Waals surface area contributed by atoms with E-state index in [1.54, 1.807) is 6.07 Å². The van der Waals surface area contributed by atoms with Crippen LogP contribution >= 0.6 is 11.6 Å². The van der Waals surface area contributed by atoms with Crippen LogP contribution in [-0.2, 0) is 6.54 Å². The molecular formula is C15H16ClNO. The van der Waals surface area contributed by atoms with Gasteiger partial charge >= 0.3 is 0 Å². The number of benzene rings is 2. The van der Waals surface area contributed by atoms with Gasteiger partial charge in [-0.2, -0.15) is 0 Å². The van der Waals surface area contributed by atoms with Crippen LogP contribution in [0.5, 0.6) is 5.75 Å². The number of rotatable bonds is 3. The fraction of sp³-hybridized carbons (Fsp3) is 0.200. The van der Waals surface area contributed by atoms with E-state index < -0.39 is 0 Å². The molecule has 0 radical (unpaired) electrons. The first-order valence-electron chi connectivity index (χ1n) is 5.85. The highest BCUT2D eigenvalue weighted by molar-refractivity contribution is 6.33. The Balaban J connectivity index is 2.13. The fourth-order valence-electron chi connectivity index (χ4n) is 1.81. The summed E-state index contributed by atoms with van der Waals surface area (Å²) in [6.07, 6.45) is 0. The number of anilines is 1. The van der Waals surface area contributed by atoms with E-state index in [0.717, 1.165) is 22.4 Å². The zero-order chi connectivity index (χ0) is 13.1. The minimum atomic E-state index is 0.302. The van der Waals surface area contributed by atoms with Crippen molar-refractivity contribution in [1.82, 2.24) is 0 Å². The minimum Gasteiger partial charge on any atom is -0.508 e. The predicted octanol–water partition coefficient (Wildman–Crippen LogP) is 4.27. The second-order valence-corrected chi connectivity index (χ2v) is 4.88. The van der Waals surface area contributed by atoms with Crippen molar-refractivity contribution in [2.75, 3.05) is 5.32 Å². The van der Waals surface area contributed by atoms with Gasteiger partial charge in [-0.05, 0) is 37.6 Å². The van der Waals surface area contributed by atoms with Crippen LogP contribution in [0.4, 0.5) is 5.69 Å². The van der Waals surface area contributed by atoms with E-state index in [1.807, 2.05) is 44.2 Å². The minimum absolute atomic E-state index is 0.302. The molecule has 18 heavy (non-hydrogen) atoms. The Labute approximate surface area is 112 Å². The Hall–Kier alpha value is -1.67. The molecule has 3 heteroatoms.